The summed E-state index contributed by atoms with van der Waals surface area (Å²) in [4.78, 5) is 36.9. The zero-order valence-corrected chi connectivity index (χ0v) is 16.4. The van der Waals surface area contributed by atoms with Gasteiger partial charge in [-0.3, -0.25) is 14.4 Å². The molecule has 1 heterocycles. The first kappa shape index (κ1) is 20.0. The summed E-state index contributed by atoms with van der Waals surface area (Å²) in [6.07, 6.45) is 0. The van der Waals surface area contributed by atoms with E-state index in [-0.39, 0.29) is 11.6 Å². The third-order valence-corrected chi connectivity index (χ3v) is 4.54. The minimum absolute atomic E-state index is 0.210. The van der Waals surface area contributed by atoms with Crippen LogP contribution in [0.15, 0.2) is 77.6 Å². The Labute approximate surface area is 176 Å². The molecule has 0 saturated heterocycles. The largest absolute Gasteiger partial charge is 0.326 e. The van der Waals surface area contributed by atoms with Crippen LogP contribution < -0.4 is 16.1 Å². The standard InChI is InChI=1S/C23H17FN4O3/c1-14(29)25-16-8-10-17(11-9-16)26-23(31)21-22(30)19-4-2-3-5-20(19)28(27-21)18-12-6-15(24)7-13-18/h2-13H,1H3,(H,25,29)(H,26,31). The minimum atomic E-state index is -0.682. The second kappa shape index (κ2) is 8.19. The van der Waals surface area contributed by atoms with Crippen LogP contribution >= 0.6 is 0 Å². The van der Waals surface area contributed by atoms with Gasteiger partial charge in [0.2, 0.25) is 11.3 Å². The van der Waals surface area contributed by atoms with Crippen molar-refractivity contribution < 1.29 is 14.0 Å². The number of rotatable bonds is 4. The maximum Gasteiger partial charge on any atom is 0.280 e. The average molecular weight is 416 g/mol. The monoisotopic (exact) mass is 416 g/mol. The first-order valence-electron chi connectivity index (χ1n) is 9.39. The lowest BCUT2D eigenvalue weighted by Gasteiger charge is -2.12. The summed E-state index contributed by atoms with van der Waals surface area (Å²) in [5, 5.41) is 9.86. The van der Waals surface area contributed by atoms with Crippen molar-refractivity contribution in [2.24, 2.45) is 0 Å². The molecule has 0 saturated carbocycles. The van der Waals surface area contributed by atoms with Gasteiger partial charge in [-0.25, -0.2) is 9.07 Å². The van der Waals surface area contributed by atoms with E-state index in [4.69, 9.17) is 0 Å². The molecule has 154 valence electrons. The number of amides is 2. The second-order valence-electron chi connectivity index (χ2n) is 6.80. The van der Waals surface area contributed by atoms with Crippen molar-refractivity contribution in [3.05, 3.63) is 94.5 Å². The first-order valence-corrected chi connectivity index (χ1v) is 9.39. The highest BCUT2D eigenvalue weighted by Gasteiger charge is 2.18. The van der Waals surface area contributed by atoms with Gasteiger partial charge in [0, 0.05) is 18.3 Å². The highest BCUT2D eigenvalue weighted by Crippen LogP contribution is 2.18. The minimum Gasteiger partial charge on any atom is -0.326 e. The average Bonchev–Trinajstić information content (AvgIpc) is 2.76. The molecule has 7 nitrogen and oxygen atoms in total. The van der Waals surface area contributed by atoms with E-state index in [0.717, 1.165) is 0 Å². The lowest BCUT2D eigenvalue weighted by molar-refractivity contribution is -0.114. The Morgan fingerprint density at radius 3 is 2.13 bits per heavy atom. The molecular formula is C23H17FN4O3. The molecule has 31 heavy (non-hydrogen) atoms. The molecule has 0 aliphatic rings. The highest BCUT2D eigenvalue weighted by molar-refractivity contribution is 6.04. The summed E-state index contributed by atoms with van der Waals surface area (Å²) in [5.74, 6) is -1.30. The predicted molar refractivity (Wildman–Crippen MR) is 116 cm³/mol. The Balaban J connectivity index is 1.74. The molecule has 0 bridgehead atoms. The number of carbonyl (C=O) groups is 2. The van der Waals surface area contributed by atoms with E-state index in [1.54, 1.807) is 48.5 Å². The van der Waals surface area contributed by atoms with E-state index in [9.17, 15) is 18.8 Å². The van der Waals surface area contributed by atoms with E-state index in [1.807, 2.05) is 0 Å². The maximum atomic E-state index is 13.4. The summed E-state index contributed by atoms with van der Waals surface area (Å²) in [7, 11) is 0. The highest BCUT2D eigenvalue weighted by atomic mass is 19.1. The van der Waals surface area contributed by atoms with Crippen LogP contribution in [0.1, 0.15) is 17.4 Å². The zero-order valence-electron chi connectivity index (χ0n) is 16.4. The van der Waals surface area contributed by atoms with Gasteiger partial charge in [0.25, 0.3) is 5.91 Å². The number of hydrogen-bond acceptors (Lipinski definition) is 4. The molecule has 8 heteroatoms. The topological polar surface area (TPSA) is 93.1 Å². The van der Waals surface area contributed by atoms with Crippen LogP contribution in [0.5, 0.6) is 0 Å². The lowest BCUT2D eigenvalue weighted by atomic mass is 10.1. The molecular weight excluding hydrogens is 399 g/mol. The summed E-state index contributed by atoms with van der Waals surface area (Å²) < 4.78 is 14.8. The van der Waals surface area contributed by atoms with Crippen LogP contribution in [0, 0.1) is 5.82 Å². The fraction of sp³-hybridized carbons (Fsp3) is 0.0435. The van der Waals surface area contributed by atoms with Crippen molar-refractivity contribution in [1.29, 1.82) is 0 Å². The molecule has 0 aliphatic heterocycles. The summed E-state index contributed by atoms with van der Waals surface area (Å²) in [5.41, 5.74) is 1.20. The molecule has 0 radical (unpaired) electrons. The maximum absolute atomic E-state index is 13.4. The molecule has 1 aromatic heterocycles. The molecule has 0 unspecified atom stereocenters. The van der Waals surface area contributed by atoms with Gasteiger partial charge in [-0.1, -0.05) is 12.1 Å². The van der Waals surface area contributed by atoms with Crippen molar-refractivity contribution in [3.8, 4) is 5.69 Å². The summed E-state index contributed by atoms with van der Waals surface area (Å²) in [6.45, 7) is 1.40. The van der Waals surface area contributed by atoms with E-state index in [2.05, 4.69) is 15.7 Å². The molecule has 3 aromatic carbocycles. The number of para-hydroxylation sites is 1. The number of nitrogens with one attached hydrogen (secondary N) is 2. The predicted octanol–water partition coefficient (Wildman–Crippen LogP) is 3.74. The number of nitrogens with zero attached hydrogens (tertiary/aromatic N) is 2. The fourth-order valence-electron chi connectivity index (χ4n) is 3.14. The fourth-order valence-corrected chi connectivity index (χ4v) is 3.14. The van der Waals surface area contributed by atoms with Gasteiger partial charge < -0.3 is 10.6 Å². The molecule has 2 N–H and O–H groups in total. The Bertz CT molecular complexity index is 1350. The van der Waals surface area contributed by atoms with Crippen LogP contribution in [0.3, 0.4) is 0 Å². The van der Waals surface area contributed by atoms with Crippen molar-refractivity contribution >= 4 is 34.1 Å². The van der Waals surface area contributed by atoms with E-state index in [0.29, 0.717) is 28.0 Å². The van der Waals surface area contributed by atoms with E-state index in [1.165, 1.54) is 35.9 Å². The van der Waals surface area contributed by atoms with E-state index < -0.39 is 17.2 Å². The lowest BCUT2D eigenvalue weighted by Crippen LogP contribution is -2.26. The Morgan fingerprint density at radius 2 is 1.48 bits per heavy atom. The molecule has 0 spiro atoms. The van der Waals surface area contributed by atoms with Gasteiger partial charge in [-0.05, 0) is 60.7 Å². The van der Waals surface area contributed by atoms with Gasteiger partial charge in [-0.15, -0.1) is 0 Å². The molecule has 4 aromatic rings. The quantitative estimate of drug-likeness (QED) is 0.530. The molecule has 0 atom stereocenters. The number of anilines is 2. The smallest absolute Gasteiger partial charge is 0.280 e. The van der Waals surface area contributed by atoms with Gasteiger partial charge in [0.1, 0.15) is 5.82 Å². The van der Waals surface area contributed by atoms with Crippen LogP contribution in [-0.4, -0.2) is 21.6 Å². The molecule has 4 rings (SSSR count). The van der Waals surface area contributed by atoms with Gasteiger partial charge in [-0.2, -0.15) is 5.10 Å². The van der Waals surface area contributed by atoms with Crippen LogP contribution in [0.2, 0.25) is 0 Å². The SMILES string of the molecule is CC(=O)Nc1ccc(NC(=O)c2nn(-c3ccc(F)cc3)c3ccccc3c2=O)cc1. The molecule has 0 aliphatic carbocycles. The third-order valence-electron chi connectivity index (χ3n) is 4.54. The van der Waals surface area contributed by atoms with Gasteiger partial charge in [0.05, 0.1) is 16.6 Å². The first-order chi connectivity index (χ1) is 14.9. The summed E-state index contributed by atoms with van der Waals surface area (Å²) in [6, 6.07) is 18.8. The zero-order chi connectivity index (χ0) is 22.0. The van der Waals surface area contributed by atoms with Crippen molar-refractivity contribution in [2.75, 3.05) is 10.6 Å². The number of aromatic nitrogens is 2. The number of carbonyl (C=O) groups excluding carboxylic acids is 2. The van der Waals surface area contributed by atoms with Crippen LogP contribution in [0.4, 0.5) is 15.8 Å². The van der Waals surface area contributed by atoms with Crippen LogP contribution in [-0.2, 0) is 4.79 Å². The van der Waals surface area contributed by atoms with E-state index >= 15 is 0 Å². The Hall–Kier alpha value is -4.33. The molecule has 2 amide bonds. The number of benzene rings is 3. The number of fused-ring (bicyclic) bond motifs is 1. The number of halogens is 1. The molecule has 0 fully saturated rings. The van der Waals surface area contributed by atoms with Crippen molar-refractivity contribution in [1.82, 2.24) is 9.78 Å². The Kier molecular flexibility index (Phi) is 5.28. The van der Waals surface area contributed by atoms with Gasteiger partial charge >= 0.3 is 0 Å². The number of hydrogen-bond donors (Lipinski definition) is 2. The van der Waals surface area contributed by atoms with Crippen LogP contribution in [0.25, 0.3) is 16.6 Å². The van der Waals surface area contributed by atoms with Crippen molar-refractivity contribution in [2.45, 2.75) is 6.92 Å². The van der Waals surface area contributed by atoms with Crippen molar-refractivity contribution in [3.63, 3.8) is 0 Å². The van der Waals surface area contributed by atoms with Gasteiger partial charge in [0.15, 0.2) is 5.69 Å². The Morgan fingerprint density at radius 1 is 0.871 bits per heavy atom. The normalized spacial score (nSPS) is 10.6. The second-order valence-corrected chi connectivity index (χ2v) is 6.80. The third kappa shape index (κ3) is 4.18. The summed E-state index contributed by atoms with van der Waals surface area (Å²) >= 11 is 0.